The number of benzene rings is 1. The Morgan fingerprint density at radius 2 is 1.74 bits per heavy atom. The SMILES string of the molecule is Cc1nn(C)cc1CN1C(=O)c2cccc(N3CCN(C(=O)C(C)(C)C)CC3)c2C1=O. The molecule has 0 spiro atoms. The Bertz CT molecular complexity index is 1060. The van der Waals surface area contributed by atoms with E-state index in [1.807, 2.05) is 58.0 Å². The number of hydrogen-bond acceptors (Lipinski definition) is 5. The number of fused-ring (bicyclic) bond motifs is 1. The monoisotopic (exact) mass is 423 g/mol. The number of piperazine rings is 1. The van der Waals surface area contributed by atoms with Gasteiger partial charge in [-0.25, -0.2) is 0 Å². The van der Waals surface area contributed by atoms with Crippen LogP contribution in [0.4, 0.5) is 5.69 Å². The molecule has 164 valence electrons. The van der Waals surface area contributed by atoms with Crippen molar-refractivity contribution in [3.05, 3.63) is 46.8 Å². The predicted molar refractivity (Wildman–Crippen MR) is 117 cm³/mol. The zero-order chi connectivity index (χ0) is 22.5. The van der Waals surface area contributed by atoms with E-state index >= 15 is 0 Å². The van der Waals surface area contributed by atoms with Gasteiger partial charge in [0, 0.05) is 50.4 Å². The van der Waals surface area contributed by atoms with Crippen molar-refractivity contribution in [1.82, 2.24) is 19.6 Å². The van der Waals surface area contributed by atoms with Crippen molar-refractivity contribution in [2.75, 3.05) is 31.1 Å². The maximum atomic E-state index is 13.3. The summed E-state index contributed by atoms with van der Waals surface area (Å²) in [7, 11) is 1.82. The van der Waals surface area contributed by atoms with Crippen LogP contribution in [0.1, 0.15) is 52.7 Å². The third-order valence-corrected chi connectivity index (χ3v) is 5.97. The average Bonchev–Trinajstić information content (AvgIpc) is 3.17. The zero-order valence-corrected chi connectivity index (χ0v) is 18.8. The van der Waals surface area contributed by atoms with Crippen molar-refractivity contribution >= 4 is 23.4 Å². The van der Waals surface area contributed by atoms with E-state index in [9.17, 15) is 14.4 Å². The van der Waals surface area contributed by atoms with E-state index < -0.39 is 5.41 Å². The second kappa shape index (κ2) is 7.51. The first-order chi connectivity index (χ1) is 14.6. The fourth-order valence-electron chi connectivity index (χ4n) is 4.32. The molecule has 1 aromatic carbocycles. The van der Waals surface area contributed by atoms with Gasteiger partial charge in [0.05, 0.1) is 29.1 Å². The molecular weight excluding hydrogens is 394 g/mol. The molecule has 2 aliphatic rings. The van der Waals surface area contributed by atoms with E-state index in [4.69, 9.17) is 0 Å². The zero-order valence-electron chi connectivity index (χ0n) is 18.8. The molecule has 0 unspecified atom stereocenters. The molecule has 1 saturated heterocycles. The van der Waals surface area contributed by atoms with Gasteiger partial charge in [-0.3, -0.25) is 24.0 Å². The van der Waals surface area contributed by atoms with Crippen LogP contribution in [-0.4, -0.2) is 63.5 Å². The molecule has 1 fully saturated rings. The van der Waals surface area contributed by atoms with Gasteiger partial charge < -0.3 is 9.80 Å². The van der Waals surface area contributed by atoms with Crippen molar-refractivity contribution in [2.45, 2.75) is 34.2 Å². The van der Waals surface area contributed by atoms with E-state index in [0.717, 1.165) is 16.9 Å². The van der Waals surface area contributed by atoms with Gasteiger partial charge in [-0.2, -0.15) is 5.10 Å². The normalized spacial score (nSPS) is 16.9. The van der Waals surface area contributed by atoms with E-state index in [1.165, 1.54) is 4.90 Å². The van der Waals surface area contributed by atoms with E-state index in [0.29, 0.717) is 37.3 Å². The standard InChI is InChI=1S/C23H29N5O3/c1-15-16(13-25(5)24-15)14-28-20(29)17-7-6-8-18(19(17)21(28)30)26-9-11-27(12-10-26)22(31)23(2,3)4/h6-8,13H,9-12,14H2,1-5H3. The highest BCUT2D eigenvalue weighted by Gasteiger charge is 2.39. The highest BCUT2D eigenvalue weighted by atomic mass is 16.2. The van der Waals surface area contributed by atoms with Gasteiger partial charge in [0.1, 0.15) is 0 Å². The van der Waals surface area contributed by atoms with E-state index in [1.54, 1.807) is 10.7 Å². The number of aryl methyl sites for hydroxylation is 2. The Kier molecular flexibility index (Phi) is 5.11. The number of carbonyl (C=O) groups is 3. The van der Waals surface area contributed by atoms with Crippen LogP contribution < -0.4 is 4.90 Å². The summed E-state index contributed by atoms with van der Waals surface area (Å²) in [6, 6.07) is 5.43. The fourth-order valence-corrected chi connectivity index (χ4v) is 4.32. The van der Waals surface area contributed by atoms with Crippen LogP contribution in [0.5, 0.6) is 0 Å². The Morgan fingerprint density at radius 1 is 1.06 bits per heavy atom. The van der Waals surface area contributed by atoms with Crippen molar-refractivity contribution in [2.24, 2.45) is 12.5 Å². The van der Waals surface area contributed by atoms with Crippen LogP contribution >= 0.6 is 0 Å². The molecule has 2 aromatic rings. The summed E-state index contributed by atoms with van der Waals surface area (Å²) >= 11 is 0. The van der Waals surface area contributed by atoms with Gasteiger partial charge >= 0.3 is 0 Å². The average molecular weight is 424 g/mol. The summed E-state index contributed by atoms with van der Waals surface area (Å²) in [5.74, 6) is -0.409. The van der Waals surface area contributed by atoms with Crippen molar-refractivity contribution < 1.29 is 14.4 Å². The molecule has 0 atom stereocenters. The summed E-state index contributed by atoms with van der Waals surface area (Å²) in [5.41, 5.74) is 2.92. The molecule has 0 radical (unpaired) electrons. The maximum absolute atomic E-state index is 13.3. The van der Waals surface area contributed by atoms with Crippen LogP contribution in [-0.2, 0) is 18.4 Å². The molecule has 2 aliphatic heterocycles. The Hall–Kier alpha value is -3.16. The van der Waals surface area contributed by atoms with Gasteiger partial charge in [0.2, 0.25) is 5.91 Å². The maximum Gasteiger partial charge on any atom is 0.263 e. The number of rotatable bonds is 3. The van der Waals surface area contributed by atoms with Crippen LogP contribution in [0.25, 0.3) is 0 Å². The second-order valence-corrected chi connectivity index (χ2v) is 9.34. The molecule has 0 N–H and O–H groups in total. The number of nitrogens with zero attached hydrogens (tertiary/aromatic N) is 5. The number of anilines is 1. The lowest BCUT2D eigenvalue weighted by Crippen LogP contribution is -2.52. The highest BCUT2D eigenvalue weighted by Crippen LogP contribution is 2.33. The molecular formula is C23H29N5O3. The minimum Gasteiger partial charge on any atom is -0.367 e. The lowest BCUT2D eigenvalue weighted by Gasteiger charge is -2.39. The quantitative estimate of drug-likeness (QED) is 0.708. The summed E-state index contributed by atoms with van der Waals surface area (Å²) in [6.45, 7) is 10.3. The molecule has 3 amide bonds. The second-order valence-electron chi connectivity index (χ2n) is 9.34. The summed E-state index contributed by atoms with van der Waals surface area (Å²) in [5, 5.41) is 4.31. The smallest absolute Gasteiger partial charge is 0.263 e. The van der Waals surface area contributed by atoms with Gasteiger partial charge in [-0.1, -0.05) is 26.8 Å². The van der Waals surface area contributed by atoms with Crippen LogP contribution in [0.3, 0.4) is 0 Å². The number of amides is 3. The van der Waals surface area contributed by atoms with Gasteiger partial charge in [0.15, 0.2) is 0 Å². The van der Waals surface area contributed by atoms with Gasteiger partial charge in [-0.05, 0) is 19.1 Å². The summed E-state index contributed by atoms with van der Waals surface area (Å²) < 4.78 is 1.69. The summed E-state index contributed by atoms with van der Waals surface area (Å²) in [4.78, 5) is 44.2. The minimum atomic E-state index is -0.413. The predicted octanol–water partition coefficient (Wildman–Crippen LogP) is 2.22. The molecule has 4 rings (SSSR count). The Morgan fingerprint density at radius 3 is 2.32 bits per heavy atom. The largest absolute Gasteiger partial charge is 0.367 e. The number of aromatic nitrogens is 2. The van der Waals surface area contributed by atoms with Crippen LogP contribution in [0.2, 0.25) is 0 Å². The molecule has 0 aliphatic carbocycles. The fraction of sp³-hybridized carbons (Fsp3) is 0.478. The molecule has 8 heteroatoms. The molecule has 3 heterocycles. The number of imide groups is 1. The Labute approximate surface area is 182 Å². The molecule has 0 saturated carbocycles. The third kappa shape index (κ3) is 3.71. The van der Waals surface area contributed by atoms with Crippen molar-refractivity contribution in [1.29, 1.82) is 0 Å². The number of hydrogen-bond donors (Lipinski definition) is 0. The van der Waals surface area contributed by atoms with Gasteiger partial charge in [-0.15, -0.1) is 0 Å². The third-order valence-electron chi connectivity index (χ3n) is 5.97. The minimum absolute atomic E-state index is 0.134. The lowest BCUT2D eigenvalue weighted by molar-refractivity contribution is -0.139. The molecule has 31 heavy (non-hydrogen) atoms. The molecule has 1 aromatic heterocycles. The molecule has 8 nitrogen and oxygen atoms in total. The topological polar surface area (TPSA) is 78.8 Å². The van der Waals surface area contributed by atoms with E-state index in [-0.39, 0.29) is 24.3 Å². The lowest BCUT2D eigenvalue weighted by atomic mass is 9.94. The van der Waals surface area contributed by atoms with Crippen molar-refractivity contribution in [3.63, 3.8) is 0 Å². The first-order valence-electron chi connectivity index (χ1n) is 10.6. The highest BCUT2D eigenvalue weighted by molar-refractivity contribution is 6.23. The van der Waals surface area contributed by atoms with Crippen molar-refractivity contribution in [3.8, 4) is 0 Å². The Balaban J connectivity index is 1.56. The first-order valence-corrected chi connectivity index (χ1v) is 10.6. The number of carbonyl (C=O) groups excluding carboxylic acids is 3. The van der Waals surface area contributed by atoms with E-state index in [2.05, 4.69) is 10.00 Å². The van der Waals surface area contributed by atoms with Crippen LogP contribution in [0.15, 0.2) is 24.4 Å². The summed E-state index contributed by atoms with van der Waals surface area (Å²) in [6.07, 6.45) is 1.84. The molecule has 0 bridgehead atoms. The first kappa shape index (κ1) is 21.1. The van der Waals surface area contributed by atoms with Gasteiger partial charge in [0.25, 0.3) is 11.8 Å². The van der Waals surface area contributed by atoms with Crippen LogP contribution in [0, 0.1) is 12.3 Å².